The van der Waals surface area contributed by atoms with Gasteiger partial charge in [0.1, 0.15) is 0 Å². The van der Waals surface area contributed by atoms with E-state index in [0.717, 1.165) is 17.6 Å². The van der Waals surface area contributed by atoms with E-state index in [0.29, 0.717) is 12.0 Å². The molecule has 0 aliphatic carbocycles. The molecular formula is C15H18N4S. The molecule has 3 aromatic heterocycles. The van der Waals surface area contributed by atoms with Crippen LogP contribution in [-0.2, 0) is 6.42 Å². The highest BCUT2D eigenvalue weighted by molar-refractivity contribution is 7.11. The van der Waals surface area contributed by atoms with Gasteiger partial charge in [0.2, 0.25) is 5.95 Å². The van der Waals surface area contributed by atoms with E-state index in [1.807, 2.05) is 41.1 Å². The molecular weight excluding hydrogens is 268 g/mol. The van der Waals surface area contributed by atoms with Gasteiger partial charge in [0.05, 0.1) is 0 Å². The third kappa shape index (κ3) is 2.67. The van der Waals surface area contributed by atoms with Gasteiger partial charge in [-0.2, -0.15) is 4.98 Å². The molecule has 0 fully saturated rings. The van der Waals surface area contributed by atoms with Crippen LogP contribution in [0.15, 0.2) is 30.5 Å². The number of aromatic nitrogens is 3. The summed E-state index contributed by atoms with van der Waals surface area (Å²) in [5, 5.41) is 7.84. The van der Waals surface area contributed by atoms with E-state index in [4.69, 9.17) is 0 Å². The summed E-state index contributed by atoms with van der Waals surface area (Å²) in [7, 11) is 0. The molecule has 0 bridgehead atoms. The third-order valence-electron chi connectivity index (χ3n) is 3.24. The minimum absolute atomic E-state index is 0.311. The van der Waals surface area contributed by atoms with Crippen LogP contribution < -0.4 is 5.32 Å². The Morgan fingerprint density at radius 2 is 2.15 bits per heavy atom. The van der Waals surface area contributed by atoms with Crippen molar-refractivity contribution < 1.29 is 0 Å². The zero-order chi connectivity index (χ0) is 14.1. The van der Waals surface area contributed by atoms with Crippen LogP contribution in [0, 0.1) is 13.8 Å². The van der Waals surface area contributed by atoms with E-state index < -0.39 is 0 Å². The molecule has 104 valence electrons. The van der Waals surface area contributed by atoms with Gasteiger partial charge in [-0.3, -0.25) is 0 Å². The lowest BCUT2D eigenvalue weighted by Gasteiger charge is -2.10. The first-order valence-electron chi connectivity index (χ1n) is 6.75. The molecule has 0 aliphatic heterocycles. The lowest BCUT2D eigenvalue weighted by Crippen LogP contribution is -2.18. The number of rotatable bonds is 4. The molecule has 0 radical (unpaired) electrons. The predicted octanol–water partition coefficient (Wildman–Crippen LogP) is 3.45. The molecule has 5 heteroatoms. The second-order valence-electron chi connectivity index (χ2n) is 5.16. The Bertz CT molecular complexity index is 728. The van der Waals surface area contributed by atoms with E-state index in [1.165, 1.54) is 9.75 Å². The number of nitrogens with one attached hydrogen (secondary N) is 1. The van der Waals surface area contributed by atoms with Gasteiger partial charge < -0.3 is 5.32 Å². The van der Waals surface area contributed by atoms with Crippen LogP contribution in [0.1, 0.15) is 22.2 Å². The molecule has 0 aromatic carbocycles. The Hall–Kier alpha value is -1.88. The van der Waals surface area contributed by atoms with E-state index in [9.17, 15) is 0 Å². The first kappa shape index (κ1) is 13.1. The minimum atomic E-state index is 0.311. The van der Waals surface area contributed by atoms with Crippen molar-refractivity contribution in [2.75, 3.05) is 5.32 Å². The lowest BCUT2D eigenvalue weighted by molar-refractivity contribution is 0.784. The normalized spacial score (nSPS) is 12.8. The SMILES string of the molecule is Cc1ccc(CC(C)Nc2nc3c(C)cccn3n2)s1. The standard InChI is InChI=1S/C15H18N4S/c1-10-5-4-8-19-14(10)17-15(18-19)16-11(2)9-13-7-6-12(3)20-13/h4-8,11H,9H2,1-3H3,(H,16,18). The van der Waals surface area contributed by atoms with Gasteiger partial charge in [0.25, 0.3) is 0 Å². The van der Waals surface area contributed by atoms with Gasteiger partial charge in [0, 0.05) is 28.4 Å². The van der Waals surface area contributed by atoms with Crippen molar-refractivity contribution in [1.29, 1.82) is 0 Å². The van der Waals surface area contributed by atoms with Crippen LogP contribution in [0.3, 0.4) is 0 Å². The molecule has 1 atom stereocenters. The Morgan fingerprint density at radius 3 is 2.85 bits per heavy atom. The molecule has 3 heterocycles. The van der Waals surface area contributed by atoms with E-state index in [-0.39, 0.29) is 0 Å². The van der Waals surface area contributed by atoms with E-state index >= 15 is 0 Å². The number of pyridine rings is 1. The highest BCUT2D eigenvalue weighted by Gasteiger charge is 2.10. The number of hydrogen-bond acceptors (Lipinski definition) is 4. The first-order chi connectivity index (χ1) is 9.61. The largest absolute Gasteiger partial charge is 0.350 e. The summed E-state index contributed by atoms with van der Waals surface area (Å²) in [4.78, 5) is 7.29. The Balaban J connectivity index is 1.74. The smallest absolute Gasteiger partial charge is 0.243 e. The van der Waals surface area contributed by atoms with Crippen LogP contribution in [0.4, 0.5) is 5.95 Å². The summed E-state index contributed by atoms with van der Waals surface area (Å²) in [6, 6.07) is 8.70. The van der Waals surface area contributed by atoms with E-state index in [1.54, 1.807) is 0 Å². The van der Waals surface area contributed by atoms with E-state index in [2.05, 4.69) is 41.4 Å². The molecule has 0 spiro atoms. The number of nitrogens with zero attached hydrogens (tertiary/aromatic N) is 3. The molecule has 3 rings (SSSR count). The summed E-state index contributed by atoms with van der Waals surface area (Å²) >= 11 is 1.85. The van der Waals surface area contributed by atoms with Gasteiger partial charge in [-0.05, 0) is 44.5 Å². The van der Waals surface area contributed by atoms with Crippen LogP contribution in [0.25, 0.3) is 5.65 Å². The second kappa shape index (κ2) is 5.25. The highest BCUT2D eigenvalue weighted by Crippen LogP contribution is 2.18. The van der Waals surface area contributed by atoms with Crippen LogP contribution in [0.5, 0.6) is 0 Å². The zero-order valence-electron chi connectivity index (χ0n) is 11.9. The van der Waals surface area contributed by atoms with Crippen molar-refractivity contribution in [2.24, 2.45) is 0 Å². The molecule has 4 nitrogen and oxygen atoms in total. The average molecular weight is 286 g/mol. The average Bonchev–Trinajstić information content (AvgIpc) is 2.96. The fraction of sp³-hybridized carbons (Fsp3) is 0.333. The molecule has 0 saturated carbocycles. The molecule has 0 saturated heterocycles. The monoisotopic (exact) mass is 286 g/mol. The summed E-state index contributed by atoms with van der Waals surface area (Å²) in [6.45, 7) is 6.35. The van der Waals surface area contributed by atoms with Crippen molar-refractivity contribution in [1.82, 2.24) is 14.6 Å². The van der Waals surface area contributed by atoms with Gasteiger partial charge in [-0.1, -0.05) is 6.07 Å². The maximum absolute atomic E-state index is 4.54. The number of fused-ring (bicyclic) bond motifs is 1. The van der Waals surface area contributed by atoms with Crippen LogP contribution in [-0.4, -0.2) is 20.6 Å². The van der Waals surface area contributed by atoms with Crippen molar-refractivity contribution in [3.63, 3.8) is 0 Å². The molecule has 0 aliphatic rings. The fourth-order valence-corrected chi connectivity index (χ4v) is 3.29. The number of thiophene rings is 1. The van der Waals surface area contributed by atoms with Crippen molar-refractivity contribution in [3.05, 3.63) is 45.8 Å². The number of aryl methyl sites for hydroxylation is 2. The van der Waals surface area contributed by atoms with Gasteiger partial charge in [-0.25, -0.2) is 4.52 Å². The zero-order valence-corrected chi connectivity index (χ0v) is 12.7. The van der Waals surface area contributed by atoms with Crippen molar-refractivity contribution >= 4 is 22.9 Å². The highest BCUT2D eigenvalue weighted by atomic mass is 32.1. The van der Waals surface area contributed by atoms with Crippen LogP contribution in [0.2, 0.25) is 0 Å². The predicted molar refractivity (Wildman–Crippen MR) is 83.6 cm³/mol. The summed E-state index contributed by atoms with van der Waals surface area (Å²) in [6.07, 6.45) is 2.92. The first-order valence-corrected chi connectivity index (χ1v) is 7.57. The minimum Gasteiger partial charge on any atom is -0.350 e. The topological polar surface area (TPSA) is 42.2 Å². The van der Waals surface area contributed by atoms with Crippen molar-refractivity contribution in [3.8, 4) is 0 Å². The Morgan fingerprint density at radius 1 is 1.30 bits per heavy atom. The maximum atomic E-state index is 4.54. The molecule has 20 heavy (non-hydrogen) atoms. The fourth-order valence-electron chi connectivity index (χ4n) is 2.27. The number of hydrogen-bond donors (Lipinski definition) is 1. The number of anilines is 1. The lowest BCUT2D eigenvalue weighted by atomic mass is 10.2. The molecule has 0 amide bonds. The maximum Gasteiger partial charge on any atom is 0.243 e. The Labute approximate surface area is 122 Å². The third-order valence-corrected chi connectivity index (χ3v) is 4.26. The molecule has 1 N–H and O–H groups in total. The van der Waals surface area contributed by atoms with Gasteiger partial charge in [-0.15, -0.1) is 16.4 Å². The second-order valence-corrected chi connectivity index (χ2v) is 6.53. The van der Waals surface area contributed by atoms with Gasteiger partial charge in [0.15, 0.2) is 5.65 Å². The molecule has 3 aromatic rings. The van der Waals surface area contributed by atoms with Crippen LogP contribution >= 0.6 is 11.3 Å². The van der Waals surface area contributed by atoms with Crippen molar-refractivity contribution in [2.45, 2.75) is 33.2 Å². The summed E-state index contributed by atoms with van der Waals surface area (Å²) < 4.78 is 1.82. The summed E-state index contributed by atoms with van der Waals surface area (Å²) in [5.74, 6) is 0.695. The Kier molecular flexibility index (Phi) is 3.44. The molecule has 1 unspecified atom stereocenters. The summed E-state index contributed by atoms with van der Waals surface area (Å²) in [5.41, 5.74) is 2.05. The quantitative estimate of drug-likeness (QED) is 0.798. The van der Waals surface area contributed by atoms with Gasteiger partial charge >= 0.3 is 0 Å².